The van der Waals surface area contributed by atoms with E-state index in [-0.39, 0.29) is 12.3 Å². The Kier molecular flexibility index (Phi) is 4.73. The van der Waals surface area contributed by atoms with E-state index >= 15 is 0 Å². The second-order valence-corrected chi connectivity index (χ2v) is 5.58. The van der Waals surface area contributed by atoms with Crippen molar-refractivity contribution in [2.24, 2.45) is 0 Å². The maximum Gasteiger partial charge on any atom is 0.158 e. The second kappa shape index (κ2) is 6.94. The summed E-state index contributed by atoms with van der Waals surface area (Å²) in [5.74, 6) is 0.339. The predicted octanol–water partition coefficient (Wildman–Crippen LogP) is 2.79. The van der Waals surface area contributed by atoms with Gasteiger partial charge in [-0.3, -0.25) is 4.98 Å². The lowest BCUT2D eigenvalue weighted by molar-refractivity contribution is 0.186. The number of phenolic OH excluding ortho intramolecular Hbond substituents is 1. The fraction of sp³-hybridized carbons (Fsp3) is 0.188. The van der Waals surface area contributed by atoms with Gasteiger partial charge in [-0.1, -0.05) is 11.6 Å². The van der Waals surface area contributed by atoms with Gasteiger partial charge in [0.15, 0.2) is 5.82 Å². The Labute approximate surface area is 141 Å². The highest BCUT2D eigenvalue weighted by Gasteiger charge is 2.15. The Balaban J connectivity index is 2.08. The Hall–Kier alpha value is -2.51. The first kappa shape index (κ1) is 16.4. The average molecular weight is 349 g/mol. The lowest BCUT2D eigenvalue weighted by Crippen LogP contribution is -2.19. The van der Waals surface area contributed by atoms with Crippen LogP contribution in [0.1, 0.15) is 0 Å². The van der Waals surface area contributed by atoms with Crippen molar-refractivity contribution in [1.82, 2.24) is 15.2 Å². The number of phenols is 1. The molecule has 0 unspecified atom stereocenters. The van der Waals surface area contributed by atoms with Crippen LogP contribution in [0.3, 0.4) is 0 Å². The van der Waals surface area contributed by atoms with Crippen LogP contribution in [0.15, 0.2) is 36.7 Å². The average Bonchev–Trinajstić information content (AvgIpc) is 2.60. The molecule has 2 aromatic heterocycles. The van der Waals surface area contributed by atoms with Gasteiger partial charge in [-0.05, 0) is 24.3 Å². The summed E-state index contributed by atoms with van der Waals surface area (Å²) >= 11 is 5.86. The smallest absolute Gasteiger partial charge is 0.158 e. The number of fused-ring (bicyclic) bond motifs is 1. The fourth-order valence-electron chi connectivity index (χ4n) is 2.30. The molecule has 24 heavy (non-hydrogen) atoms. The van der Waals surface area contributed by atoms with E-state index in [4.69, 9.17) is 16.7 Å². The Bertz CT molecular complexity index is 878. The van der Waals surface area contributed by atoms with Crippen LogP contribution in [0.4, 0.5) is 10.2 Å². The minimum absolute atomic E-state index is 0.0141. The molecule has 0 saturated heterocycles. The van der Waals surface area contributed by atoms with Gasteiger partial charge in [0.1, 0.15) is 17.6 Å². The van der Waals surface area contributed by atoms with E-state index in [9.17, 15) is 9.50 Å². The number of pyridine rings is 1. The molecule has 1 aromatic carbocycles. The number of aliphatic hydroxyl groups is 1. The molecule has 0 aliphatic carbocycles. The van der Waals surface area contributed by atoms with Gasteiger partial charge in [0.25, 0.3) is 0 Å². The zero-order chi connectivity index (χ0) is 17.1. The number of hydrogen-bond donors (Lipinski definition) is 3. The Morgan fingerprint density at radius 3 is 2.79 bits per heavy atom. The lowest BCUT2D eigenvalue weighted by Gasteiger charge is -2.12. The molecule has 3 N–H and O–H groups in total. The molecule has 0 aliphatic rings. The van der Waals surface area contributed by atoms with Crippen LogP contribution in [-0.2, 0) is 0 Å². The van der Waals surface area contributed by atoms with Crippen LogP contribution in [0, 0.1) is 0 Å². The number of anilines is 1. The molecule has 124 valence electrons. The molecule has 6 nitrogen and oxygen atoms in total. The van der Waals surface area contributed by atoms with Crippen molar-refractivity contribution in [3.63, 3.8) is 0 Å². The van der Waals surface area contributed by atoms with Gasteiger partial charge in [-0.2, -0.15) is 0 Å². The molecule has 0 fully saturated rings. The molecule has 3 rings (SSSR count). The van der Waals surface area contributed by atoms with Gasteiger partial charge in [-0.25, -0.2) is 4.39 Å². The summed E-state index contributed by atoms with van der Waals surface area (Å²) in [6.45, 7) is -0.673. The van der Waals surface area contributed by atoms with Crippen LogP contribution in [0.5, 0.6) is 5.75 Å². The highest BCUT2D eigenvalue weighted by Crippen LogP contribution is 2.35. The number of rotatable bonds is 5. The number of aromatic hydroxyl groups is 1. The normalized spacial score (nSPS) is 12.3. The van der Waals surface area contributed by atoms with Crippen molar-refractivity contribution >= 4 is 28.2 Å². The van der Waals surface area contributed by atoms with Gasteiger partial charge < -0.3 is 15.5 Å². The molecule has 0 bridgehead atoms. The monoisotopic (exact) mass is 348 g/mol. The molecule has 3 aromatic rings. The minimum atomic E-state index is -1.40. The van der Waals surface area contributed by atoms with Gasteiger partial charge >= 0.3 is 0 Å². The zero-order valence-corrected chi connectivity index (χ0v) is 13.2. The number of halogens is 2. The highest BCUT2D eigenvalue weighted by molar-refractivity contribution is 6.30. The molecular weight excluding hydrogens is 335 g/mol. The summed E-state index contributed by atoms with van der Waals surface area (Å²) in [7, 11) is 0. The third-order valence-electron chi connectivity index (χ3n) is 3.49. The molecule has 0 spiro atoms. The van der Waals surface area contributed by atoms with Crippen molar-refractivity contribution in [2.75, 3.05) is 18.5 Å². The molecule has 2 heterocycles. The standard InChI is InChI=1S/C16H14ClFN4O2/c17-9-1-2-12(14(24)5-9)15-11-3-4-19-7-13(11)16(22-21-15)20-6-10(18)8-23/h1-5,7,10,23-24H,6,8H2,(H,20,22)/t10-/m1/s1. The predicted molar refractivity (Wildman–Crippen MR) is 89.9 cm³/mol. The second-order valence-electron chi connectivity index (χ2n) is 5.14. The molecule has 0 radical (unpaired) electrons. The molecule has 8 heteroatoms. The maximum absolute atomic E-state index is 13.2. The van der Waals surface area contributed by atoms with Gasteiger partial charge in [0.2, 0.25) is 0 Å². The van der Waals surface area contributed by atoms with E-state index in [1.165, 1.54) is 6.07 Å². The first-order valence-corrected chi connectivity index (χ1v) is 7.56. The lowest BCUT2D eigenvalue weighted by atomic mass is 10.1. The molecule has 0 amide bonds. The fourth-order valence-corrected chi connectivity index (χ4v) is 2.47. The van der Waals surface area contributed by atoms with Crippen LogP contribution in [-0.4, -0.2) is 44.7 Å². The number of hydrogen-bond acceptors (Lipinski definition) is 6. The van der Waals surface area contributed by atoms with Crippen molar-refractivity contribution < 1.29 is 14.6 Å². The van der Waals surface area contributed by atoms with Crippen molar-refractivity contribution in [3.05, 3.63) is 41.7 Å². The van der Waals surface area contributed by atoms with E-state index in [1.807, 2.05) is 0 Å². The summed E-state index contributed by atoms with van der Waals surface area (Å²) in [5, 5.41) is 31.6. The van der Waals surface area contributed by atoms with E-state index in [1.54, 1.807) is 30.6 Å². The number of aromatic nitrogens is 3. The Morgan fingerprint density at radius 1 is 1.21 bits per heavy atom. The van der Waals surface area contributed by atoms with Crippen LogP contribution in [0.25, 0.3) is 22.0 Å². The molecule has 1 atom stereocenters. The van der Waals surface area contributed by atoms with E-state index in [0.717, 1.165) is 0 Å². The number of nitrogens with one attached hydrogen (secondary N) is 1. The first-order valence-electron chi connectivity index (χ1n) is 7.18. The Morgan fingerprint density at radius 2 is 2.04 bits per heavy atom. The molecule has 0 saturated carbocycles. The maximum atomic E-state index is 13.2. The summed E-state index contributed by atoms with van der Waals surface area (Å²) in [5.41, 5.74) is 0.944. The van der Waals surface area contributed by atoms with Gasteiger partial charge in [0.05, 0.1) is 6.61 Å². The largest absolute Gasteiger partial charge is 0.507 e. The van der Waals surface area contributed by atoms with Crippen LogP contribution < -0.4 is 5.32 Å². The number of aliphatic hydroxyl groups excluding tert-OH is 1. The quantitative estimate of drug-likeness (QED) is 0.656. The van der Waals surface area contributed by atoms with E-state index in [2.05, 4.69) is 20.5 Å². The summed E-state index contributed by atoms with van der Waals surface area (Å²) in [6.07, 6.45) is 1.77. The first-order chi connectivity index (χ1) is 11.6. The minimum Gasteiger partial charge on any atom is -0.507 e. The third-order valence-corrected chi connectivity index (χ3v) is 3.72. The van der Waals surface area contributed by atoms with Gasteiger partial charge in [-0.15, -0.1) is 10.2 Å². The topological polar surface area (TPSA) is 91.2 Å². The van der Waals surface area contributed by atoms with Crippen molar-refractivity contribution in [3.8, 4) is 17.0 Å². The highest BCUT2D eigenvalue weighted by atomic mass is 35.5. The van der Waals surface area contributed by atoms with Crippen molar-refractivity contribution in [1.29, 1.82) is 0 Å². The van der Waals surface area contributed by atoms with E-state index in [0.29, 0.717) is 32.9 Å². The molecule has 0 aliphatic heterocycles. The number of alkyl halides is 1. The van der Waals surface area contributed by atoms with Crippen LogP contribution >= 0.6 is 11.6 Å². The van der Waals surface area contributed by atoms with Gasteiger partial charge in [0, 0.05) is 40.3 Å². The van der Waals surface area contributed by atoms with Crippen LogP contribution in [0.2, 0.25) is 5.02 Å². The summed E-state index contributed by atoms with van der Waals surface area (Å²) < 4.78 is 13.2. The zero-order valence-electron chi connectivity index (χ0n) is 12.4. The number of nitrogens with zero attached hydrogens (tertiary/aromatic N) is 3. The third kappa shape index (κ3) is 3.22. The number of benzene rings is 1. The summed E-state index contributed by atoms with van der Waals surface area (Å²) in [4.78, 5) is 4.06. The molecular formula is C16H14ClFN4O2. The van der Waals surface area contributed by atoms with Crippen molar-refractivity contribution in [2.45, 2.75) is 6.17 Å². The van der Waals surface area contributed by atoms with E-state index < -0.39 is 12.8 Å². The summed E-state index contributed by atoms with van der Waals surface area (Å²) in [6, 6.07) is 6.45. The SMILES string of the molecule is OC[C@H](F)CNc1nnc(-c2ccc(Cl)cc2O)c2ccncc12.